The zero-order valence-electron chi connectivity index (χ0n) is 15.1. The molecule has 0 N–H and O–H groups in total. The van der Waals surface area contributed by atoms with E-state index in [0.717, 1.165) is 18.2 Å². The fourth-order valence-electron chi connectivity index (χ4n) is 2.42. The van der Waals surface area contributed by atoms with Crippen molar-refractivity contribution < 1.29 is 19.4 Å². The average Bonchev–Trinajstić information content (AvgIpc) is 2.73. The van der Waals surface area contributed by atoms with Crippen LogP contribution in [-0.4, -0.2) is 22.0 Å². The van der Waals surface area contributed by atoms with Gasteiger partial charge in [-0.2, -0.15) is 0 Å². The minimum atomic E-state index is -0.964. The van der Waals surface area contributed by atoms with Gasteiger partial charge in [0.2, 0.25) is 0 Å². The van der Waals surface area contributed by atoms with E-state index in [4.69, 9.17) is 16.3 Å². The van der Waals surface area contributed by atoms with Crippen molar-refractivity contribution in [3.05, 3.63) is 103 Å². The third-order valence-corrected chi connectivity index (χ3v) is 4.07. The van der Waals surface area contributed by atoms with Gasteiger partial charge in [-0.3, -0.25) is 25.2 Å². The summed E-state index contributed by atoms with van der Waals surface area (Å²) in [5, 5.41) is 22.5. The smallest absolute Gasteiger partial charge is 0.344 e. The van der Waals surface area contributed by atoms with Crippen LogP contribution < -0.4 is 4.74 Å². The molecule has 0 spiro atoms. The van der Waals surface area contributed by atoms with E-state index in [2.05, 4.69) is 4.99 Å². The summed E-state index contributed by atoms with van der Waals surface area (Å²) < 4.78 is 5.22. The van der Waals surface area contributed by atoms with E-state index < -0.39 is 27.2 Å². The highest BCUT2D eigenvalue weighted by molar-refractivity contribution is 6.30. The van der Waals surface area contributed by atoms with E-state index in [9.17, 15) is 25.0 Å². The third-order valence-electron chi connectivity index (χ3n) is 3.82. The molecule has 30 heavy (non-hydrogen) atoms. The first kappa shape index (κ1) is 20.6. The first-order chi connectivity index (χ1) is 14.3. The lowest BCUT2D eigenvalue weighted by atomic mass is 10.1. The van der Waals surface area contributed by atoms with Gasteiger partial charge < -0.3 is 4.74 Å². The van der Waals surface area contributed by atoms with E-state index in [1.807, 2.05) is 0 Å². The highest BCUT2D eigenvalue weighted by Gasteiger charge is 2.21. The number of non-ortho nitro benzene ring substituents is 2. The molecular formula is C20H12ClN3O6. The quantitative estimate of drug-likeness (QED) is 0.177. The Balaban J connectivity index is 1.80. The maximum Gasteiger partial charge on any atom is 0.344 e. The molecule has 0 fully saturated rings. The number of halogens is 1. The lowest BCUT2D eigenvalue weighted by Crippen LogP contribution is -2.10. The maximum absolute atomic E-state index is 12.4. The van der Waals surface area contributed by atoms with Crippen LogP contribution in [0.5, 0.6) is 5.75 Å². The zero-order valence-corrected chi connectivity index (χ0v) is 15.9. The summed E-state index contributed by atoms with van der Waals surface area (Å²) in [5.74, 6) is -0.817. The van der Waals surface area contributed by atoms with Crippen LogP contribution in [0, 0.1) is 20.2 Å². The third kappa shape index (κ3) is 5.24. The van der Waals surface area contributed by atoms with Gasteiger partial charge in [0.15, 0.2) is 0 Å². The molecule has 0 saturated carbocycles. The van der Waals surface area contributed by atoms with Gasteiger partial charge in [0.05, 0.1) is 27.2 Å². The molecule has 10 heteroatoms. The average molecular weight is 426 g/mol. The number of rotatable bonds is 6. The molecule has 0 unspecified atom stereocenters. The lowest BCUT2D eigenvalue weighted by molar-refractivity contribution is -0.394. The van der Waals surface area contributed by atoms with Crippen LogP contribution in [-0.2, 0) is 0 Å². The van der Waals surface area contributed by atoms with Crippen molar-refractivity contribution in [3.63, 3.8) is 0 Å². The Labute approximate surface area is 174 Å². The minimum absolute atomic E-state index is 0.147. The number of carbonyl (C=O) groups is 1. The molecule has 0 saturated heterocycles. The van der Waals surface area contributed by atoms with E-state index in [-0.39, 0.29) is 11.3 Å². The minimum Gasteiger partial charge on any atom is -0.423 e. The standard InChI is InChI=1S/C20H12ClN3O6/c21-15-4-6-16(7-5-15)22-12-13-2-1-3-19(8-13)30-20(25)14-9-17(23(26)27)11-18(10-14)24(28)29/h1-12H. The van der Waals surface area contributed by atoms with Gasteiger partial charge in [-0.05, 0) is 42.0 Å². The van der Waals surface area contributed by atoms with Crippen LogP contribution in [0.15, 0.2) is 71.7 Å². The summed E-state index contributed by atoms with van der Waals surface area (Å²) in [7, 11) is 0. The number of nitrogens with zero attached hydrogens (tertiary/aromatic N) is 3. The Hall–Kier alpha value is -4.11. The number of nitro groups is 2. The molecule has 0 atom stereocenters. The summed E-state index contributed by atoms with van der Waals surface area (Å²) in [4.78, 5) is 37.0. The molecule has 0 aromatic heterocycles. The van der Waals surface area contributed by atoms with Gasteiger partial charge >= 0.3 is 5.97 Å². The van der Waals surface area contributed by atoms with Crippen molar-refractivity contribution in [2.45, 2.75) is 0 Å². The Morgan fingerprint density at radius 2 is 1.57 bits per heavy atom. The highest BCUT2D eigenvalue weighted by Crippen LogP contribution is 2.24. The second-order valence-corrected chi connectivity index (χ2v) is 6.39. The first-order valence-corrected chi connectivity index (χ1v) is 8.75. The molecule has 0 amide bonds. The van der Waals surface area contributed by atoms with Crippen molar-refractivity contribution in [3.8, 4) is 5.75 Å². The van der Waals surface area contributed by atoms with Crippen molar-refractivity contribution >= 4 is 40.8 Å². The Morgan fingerprint density at radius 3 is 2.17 bits per heavy atom. The topological polar surface area (TPSA) is 125 Å². The second-order valence-electron chi connectivity index (χ2n) is 5.95. The molecule has 3 aromatic rings. The Kier molecular flexibility index (Phi) is 6.14. The molecule has 3 aromatic carbocycles. The molecule has 0 heterocycles. The largest absolute Gasteiger partial charge is 0.423 e. The molecular weight excluding hydrogens is 414 g/mol. The van der Waals surface area contributed by atoms with Crippen LogP contribution in [0.1, 0.15) is 15.9 Å². The fourth-order valence-corrected chi connectivity index (χ4v) is 2.55. The number of esters is 1. The normalized spacial score (nSPS) is 10.7. The van der Waals surface area contributed by atoms with Crippen molar-refractivity contribution in [2.75, 3.05) is 0 Å². The number of nitro benzene ring substituents is 2. The van der Waals surface area contributed by atoms with Crippen LogP contribution in [0.3, 0.4) is 0 Å². The van der Waals surface area contributed by atoms with E-state index in [1.54, 1.807) is 42.6 Å². The molecule has 0 aliphatic heterocycles. The van der Waals surface area contributed by atoms with E-state index in [0.29, 0.717) is 16.3 Å². The number of hydrogen-bond acceptors (Lipinski definition) is 7. The van der Waals surface area contributed by atoms with Gasteiger partial charge in [-0.15, -0.1) is 0 Å². The number of benzene rings is 3. The predicted molar refractivity (Wildman–Crippen MR) is 110 cm³/mol. The van der Waals surface area contributed by atoms with Crippen molar-refractivity contribution in [1.29, 1.82) is 0 Å². The molecule has 3 rings (SSSR count). The Morgan fingerprint density at radius 1 is 0.933 bits per heavy atom. The molecule has 150 valence electrons. The summed E-state index contributed by atoms with van der Waals surface area (Å²) >= 11 is 5.83. The molecule has 9 nitrogen and oxygen atoms in total. The van der Waals surface area contributed by atoms with Crippen LogP contribution in [0.4, 0.5) is 17.1 Å². The molecule has 0 aliphatic carbocycles. The Bertz CT molecular complexity index is 1130. The number of ether oxygens (including phenoxy) is 1. The molecule has 0 aliphatic rings. The maximum atomic E-state index is 12.4. The lowest BCUT2D eigenvalue weighted by Gasteiger charge is -2.05. The molecule has 0 radical (unpaired) electrons. The molecule has 0 bridgehead atoms. The van der Waals surface area contributed by atoms with Crippen LogP contribution >= 0.6 is 11.6 Å². The predicted octanol–water partition coefficient (Wildman–Crippen LogP) is 5.13. The van der Waals surface area contributed by atoms with Crippen LogP contribution in [0.2, 0.25) is 5.02 Å². The summed E-state index contributed by atoms with van der Waals surface area (Å²) in [5.41, 5.74) is -0.179. The monoisotopic (exact) mass is 425 g/mol. The number of carbonyl (C=O) groups excluding carboxylic acids is 1. The van der Waals surface area contributed by atoms with Crippen LogP contribution in [0.25, 0.3) is 0 Å². The fraction of sp³-hybridized carbons (Fsp3) is 0. The summed E-state index contributed by atoms with van der Waals surface area (Å²) in [6.07, 6.45) is 1.55. The van der Waals surface area contributed by atoms with Gasteiger partial charge in [-0.1, -0.05) is 23.7 Å². The SMILES string of the molecule is O=C(Oc1cccc(C=Nc2ccc(Cl)cc2)c1)c1cc([N+](=O)[O-])cc([N+](=O)[O-])c1. The van der Waals surface area contributed by atoms with Gasteiger partial charge in [0.25, 0.3) is 11.4 Å². The number of hydrogen-bond donors (Lipinski definition) is 0. The van der Waals surface area contributed by atoms with E-state index >= 15 is 0 Å². The zero-order chi connectivity index (χ0) is 21.7. The van der Waals surface area contributed by atoms with Gasteiger partial charge in [-0.25, -0.2) is 4.79 Å². The van der Waals surface area contributed by atoms with Crippen molar-refractivity contribution in [1.82, 2.24) is 0 Å². The first-order valence-electron chi connectivity index (χ1n) is 8.37. The van der Waals surface area contributed by atoms with Gasteiger partial charge in [0, 0.05) is 23.4 Å². The van der Waals surface area contributed by atoms with E-state index in [1.165, 1.54) is 12.1 Å². The second kappa shape index (κ2) is 8.93. The van der Waals surface area contributed by atoms with Gasteiger partial charge in [0.1, 0.15) is 5.75 Å². The summed E-state index contributed by atoms with van der Waals surface area (Å²) in [6.45, 7) is 0. The number of aliphatic imine (C=N–C) groups is 1. The summed E-state index contributed by atoms with van der Waals surface area (Å²) in [6, 6.07) is 15.9. The highest BCUT2D eigenvalue weighted by atomic mass is 35.5. The van der Waals surface area contributed by atoms with Crippen molar-refractivity contribution in [2.24, 2.45) is 4.99 Å².